The molecule has 1 aliphatic rings. The lowest BCUT2D eigenvalue weighted by molar-refractivity contribution is 0.0535. The molecular weight excluding hydrogens is 200 g/mol. The number of nitrogens with zero attached hydrogens (tertiary/aromatic N) is 1. The molecule has 1 atom stereocenters. The first-order valence-electron chi connectivity index (χ1n) is 6.69. The fourth-order valence-electron chi connectivity index (χ4n) is 2.41. The summed E-state index contributed by atoms with van der Waals surface area (Å²) in [6.45, 7) is 11.0. The molecule has 1 rings (SSSR count). The minimum atomic E-state index is 0.174. The third-order valence-electron chi connectivity index (χ3n) is 3.72. The van der Waals surface area contributed by atoms with Gasteiger partial charge in [-0.25, -0.2) is 0 Å². The summed E-state index contributed by atoms with van der Waals surface area (Å²) in [5.74, 6) is 0.926. The summed E-state index contributed by atoms with van der Waals surface area (Å²) in [6, 6.07) is 0. The Kier molecular flexibility index (Phi) is 5.73. The fraction of sp³-hybridized carbons (Fsp3) is 1.00. The molecule has 3 heteroatoms. The molecule has 0 aliphatic heterocycles. The number of hydrogen-bond acceptors (Lipinski definition) is 3. The van der Waals surface area contributed by atoms with Crippen LogP contribution in [0.1, 0.15) is 40.0 Å². The second-order valence-electron chi connectivity index (χ2n) is 5.13. The smallest absolute Gasteiger partial charge is 0.0593 e. The molecule has 1 aliphatic carbocycles. The van der Waals surface area contributed by atoms with Crippen molar-refractivity contribution in [3.8, 4) is 0 Å². The van der Waals surface area contributed by atoms with Crippen LogP contribution in [0.4, 0.5) is 0 Å². The Morgan fingerprint density at radius 2 is 2.06 bits per heavy atom. The highest BCUT2D eigenvalue weighted by atomic mass is 16.5. The van der Waals surface area contributed by atoms with Crippen molar-refractivity contribution >= 4 is 0 Å². The normalized spacial score (nSPS) is 20.1. The topological polar surface area (TPSA) is 38.5 Å². The van der Waals surface area contributed by atoms with E-state index < -0.39 is 0 Å². The van der Waals surface area contributed by atoms with Gasteiger partial charge in [-0.3, -0.25) is 4.90 Å². The summed E-state index contributed by atoms with van der Waals surface area (Å²) < 4.78 is 5.44. The van der Waals surface area contributed by atoms with Crippen LogP contribution in [0.2, 0.25) is 0 Å². The van der Waals surface area contributed by atoms with Crippen LogP contribution < -0.4 is 5.73 Å². The summed E-state index contributed by atoms with van der Waals surface area (Å²) >= 11 is 0. The predicted molar refractivity (Wildman–Crippen MR) is 68.5 cm³/mol. The molecule has 1 fully saturated rings. The van der Waals surface area contributed by atoms with Crippen LogP contribution in [-0.4, -0.2) is 43.3 Å². The van der Waals surface area contributed by atoms with Crippen LogP contribution in [0.3, 0.4) is 0 Å². The van der Waals surface area contributed by atoms with Gasteiger partial charge in [-0.15, -0.1) is 0 Å². The summed E-state index contributed by atoms with van der Waals surface area (Å²) in [5, 5.41) is 0. The summed E-state index contributed by atoms with van der Waals surface area (Å²) in [7, 11) is 0. The molecule has 0 bridgehead atoms. The number of hydrogen-bond donors (Lipinski definition) is 1. The van der Waals surface area contributed by atoms with Gasteiger partial charge in [0.15, 0.2) is 0 Å². The molecule has 0 aromatic heterocycles. The number of nitrogens with two attached hydrogens (primary N) is 1. The maximum atomic E-state index is 5.98. The second kappa shape index (κ2) is 6.58. The van der Waals surface area contributed by atoms with E-state index in [9.17, 15) is 0 Å². The van der Waals surface area contributed by atoms with Gasteiger partial charge in [0.2, 0.25) is 0 Å². The van der Waals surface area contributed by atoms with Crippen molar-refractivity contribution in [2.75, 3.05) is 32.8 Å². The summed E-state index contributed by atoms with van der Waals surface area (Å²) in [5.41, 5.74) is 6.15. The van der Waals surface area contributed by atoms with E-state index in [1.807, 2.05) is 6.92 Å². The Balaban J connectivity index is 2.43. The monoisotopic (exact) mass is 228 g/mol. The first-order valence-corrected chi connectivity index (χ1v) is 6.69. The van der Waals surface area contributed by atoms with Gasteiger partial charge < -0.3 is 10.5 Å². The number of rotatable bonds is 9. The van der Waals surface area contributed by atoms with E-state index in [-0.39, 0.29) is 5.54 Å². The summed E-state index contributed by atoms with van der Waals surface area (Å²) in [4.78, 5) is 2.49. The minimum Gasteiger partial charge on any atom is -0.380 e. The van der Waals surface area contributed by atoms with E-state index in [0.29, 0.717) is 0 Å². The van der Waals surface area contributed by atoms with Gasteiger partial charge in [-0.2, -0.15) is 0 Å². The van der Waals surface area contributed by atoms with E-state index in [1.165, 1.54) is 19.3 Å². The molecule has 0 radical (unpaired) electrons. The van der Waals surface area contributed by atoms with Crippen LogP contribution in [0.5, 0.6) is 0 Å². The van der Waals surface area contributed by atoms with Crippen molar-refractivity contribution in [3.05, 3.63) is 0 Å². The molecule has 0 aromatic carbocycles. The van der Waals surface area contributed by atoms with Gasteiger partial charge in [0, 0.05) is 25.2 Å². The lowest BCUT2D eigenvalue weighted by Gasteiger charge is -2.40. The van der Waals surface area contributed by atoms with E-state index >= 15 is 0 Å². The van der Waals surface area contributed by atoms with Crippen molar-refractivity contribution < 1.29 is 4.74 Å². The average Bonchev–Trinajstić information content (AvgIpc) is 3.08. The highest BCUT2D eigenvalue weighted by Crippen LogP contribution is 2.38. The molecule has 3 nitrogen and oxygen atoms in total. The molecule has 1 unspecified atom stereocenters. The van der Waals surface area contributed by atoms with E-state index in [2.05, 4.69) is 18.7 Å². The summed E-state index contributed by atoms with van der Waals surface area (Å²) in [6.07, 6.45) is 4.06. The van der Waals surface area contributed by atoms with Crippen molar-refractivity contribution in [2.24, 2.45) is 11.7 Å². The van der Waals surface area contributed by atoms with Gasteiger partial charge in [0.05, 0.1) is 6.61 Å². The predicted octanol–water partition coefficient (Wildman–Crippen LogP) is 1.86. The molecule has 16 heavy (non-hydrogen) atoms. The molecule has 2 N–H and O–H groups in total. The SMILES string of the molecule is CCOCCN(CC)C(C)(CN)CC1CC1. The molecule has 0 aromatic rings. The van der Waals surface area contributed by atoms with Crippen molar-refractivity contribution in [3.63, 3.8) is 0 Å². The van der Waals surface area contributed by atoms with Crippen LogP contribution in [-0.2, 0) is 4.74 Å². The molecular formula is C13H28N2O. The lowest BCUT2D eigenvalue weighted by atomic mass is 9.92. The van der Waals surface area contributed by atoms with Gasteiger partial charge in [-0.1, -0.05) is 19.8 Å². The quantitative estimate of drug-likeness (QED) is 0.612. The minimum absolute atomic E-state index is 0.174. The highest BCUT2D eigenvalue weighted by molar-refractivity contribution is 4.92. The third kappa shape index (κ3) is 4.04. The Hall–Kier alpha value is -0.120. The largest absolute Gasteiger partial charge is 0.380 e. The molecule has 0 heterocycles. The average molecular weight is 228 g/mol. The van der Waals surface area contributed by atoms with E-state index in [4.69, 9.17) is 10.5 Å². The van der Waals surface area contributed by atoms with Crippen molar-refractivity contribution in [1.29, 1.82) is 0 Å². The highest BCUT2D eigenvalue weighted by Gasteiger charge is 2.36. The van der Waals surface area contributed by atoms with E-state index in [1.54, 1.807) is 0 Å². The maximum absolute atomic E-state index is 5.98. The molecule has 96 valence electrons. The maximum Gasteiger partial charge on any atom is 0.0593 e. The Bertz CT molecular complexity index is 194. The number of ether oxygens (including phenoxy) is 1. The van der Waals surface area contributed by atoms with Crippen LogP contribution in [0, 0.1) is 5.92 Å². The Morgan fingerprint density at radius 1 is 1.38 bits per heavy atom. The second-order valence-corrected chi connectivity index (χ2v) is 5.13. The zero-order valence-electron chi connectivity index (χ0n) is 11.2. The fourth-order valence-corrected chi connectivity index (χ4v) is 2.41. The van der Waals surface area contributed by atoms with Crippen LogP contribution >= 0.6 is 0 Å². The number of likely N-dealkylation sites (N-methyl/N-ethyl adjacent to an activating group) is 1. The van der Waals surface area contributed by atoms with E-state index in [0.717, 1.165) is 38.8 Å². The zero-order valence-corrected chi connectivity index (χ0v) is 11.2. The Labute approximate surface area is 100 Å². The third-order valence-corrected chi connectivity index (χ3v) is 3.72. The standard InChI is InChI=1S/C13H28N2O/c1-4-15(8-9-16-5-2)13(3,11-14)10-12-6-7-12/h12H,4-11,14H2,1-3H3. The van der Waals surface area contributed by atoms with Crippen molar-refractivity contribution in [1.82, 2.24) is 4.90 Å². The Morgan fingerprint density at radius 3 is 2.50 bits per heavy atom. The van der Waals surface area contributed by atoms with Crippen LogP contribution in [0.25, 0.3) is 0 Å². The molecule has 0 saturated heterocycles. The van der Waals surface area contributed by atoms with Gasteiger partial charge in [0.1, 0.15) is 0 Å². The molecule has 0 amide bonds. The first-order chi connectivity index (χ1) is 7.66. The van der Waals surface area contributed by atoms with Gasteiger partial charge in [-0.05, 0) is 32.7 Å². The van der Waals surface area contributed by atoms with Gasteiger partial charge in [0.25, 0.3) is 0 Å². The molecule has 1 saturated carbocycles. The van der Waals surface area contributed by atoms with Crippen molar-refractivity contribution in [2.45, 2.75) is 45.6 Å². The van der Waals surface area contributed by atoms with Gasteiger partial charge >= 0.3 is 0 Å². The lowest BCUT2D eigenvalue weighted by Crippen LogP contribution is -2.53. The molecule has 0 spiro atoms. The zero-order chi connectivity index (χ0) is 12.0. The first kappa shape index (κ1) is 13.9. The van der Waals surface area contributed by atoms with Crippen LogP contribution in [0.15, 0.2) is 0 Å².